The van der Waals surface area contributed by atoms with Crippen molar-refractivity contribution >= 4 is 28.9 Å². The molecule has 88 valence electrons. The standard InChI is InChI=1S/C11H11ClN4O/c1-15-6-7(5-13)11(17)16-10-3-2-8(14)4-9(10)12/h2-4,6,15H,14H2,1H3,(H,16,17)/b7-6-. The summed E-state index contributed by atoms with van der Waals surface area (Å²) in [6.07, 6.45) is 1.31. The lowest BCUT2D eigenvalue weighted by molar-refractivity contribution is -0.112. The molecule has 0 saturated carbocycles. The number of nitrogen functional groups attached to an aromatic ring is 1. The smallest absolute Gasteiger partial charge is 0.267 e. The van der Waals surface area contributed by atoms with Gasteiger partial charge in [0.1, 0.15) is 11.6 Å². The zero-order valence-corrected chi connectivity index (χ0v) is 9.88. The summed E-state index contributed by atoms with van der Waals surface area (Å²) in [6.45, 7) is 0. The van der Waals surface area contributed by atoms with Crippen molar-refractivity contribution in [3.63, 3.8) is 0 Å². The lowest BCUT2D eigenvalue weighted by atomic mass is 10.2. The van der Waals surface area contributed by atoms with E-state index in [-0.39, 0.29) is 5.57 Å². The fraction of sp³-hybridized carbons (Fsp3) is 0.0909. The zero-order valence-electron chi connectivity index (χ0n) is 9.12. The molecular weight excluding hydrogens is 240 g/mol. The van der Waals surface area contributed by atoms with Crippen LogP contribution in [-0.4, -0.2) is 13.0 Å². The van der Waals surface area contributed by atoms with Crippen molar-refractivity contribution in [2.24, 2.45) is 0 Å². The Hall–Kier alpha value is -2.19. The molecule has 1 aromatic rings. The second-order valence-electron chi connectivity index (χ2n) is 3.15. The molecule has 0 heterocycles. The summed E-state index contributed by atoms with van der Waals surface area (Å²) >= 11 is 5.89. The van der Waals surface area contributed by atoms with Crippen LogP contribution in [0.3, 0.4) is 0 Å². The Morgan fingerprint density at radius 2 is 2.29 bits per heavy atom. The molecule has 1 rings (SSSR count). The fourth-order valence-corrected chi connectivity index (χ4v) is 1.35. The molecule has 0 aliphatic rings. The number of nitrogens with two attached hydrogens (primary N) is 1. The van der Waals surface area contributed by atoms with Gasteiger partial charge in [-0.15, -0.1) is 0 Å². The number of halogens is 1. The summed E-state index contributed by atoms with van der Waals surface area (Å²) < 4.78 is 0. The number of rotatable bonds is 3. The molecule has 0 unspecified atom stereocenters. The van der Waals surface area contributed by atoms with Crippen molar-refractivity contribution in [2.75, 3.05) is 18.1 Å². The third-order valence-electron chi connectivity index (χ3n) is 1.90. The highest BCUT2D eigenvalue weighted by Crippen LogP contribution is 2.24. The van der Waals surface area contributed by atoms with E-state index in [2.05, 4.69) is 10.6 Å². The van der Waals surface area contributed by atoms with Crippen LogP contribution in [0.1, 0.15) is 0 Å². The molecule has 0 saturated heterocycles. The van der Waals surface area contributed by atoms with E-state index >= 15 is 0 Å². The quantitative estimate of drug-likeness (QED) is 0.431. The second kappa shape index (κ2) is 5.77. The van der Waals surface area contributed by atoms with Crippen LogP contribution in [0.2, 0.25) is 5.02 Å². The summed E-state index contributed by atoms with van der Waals surface area (Å²) in [5, 5.41) is 14.2. The number of carbonyl (C=O) groups excluding carboxylic acids is 1. The third-order valence-corrected chi connectivity index (χ3v) is 2.21. The first-order chi connectivity index (χ1) is 8.08. The Kier molecular flexibility index (Phi) is 4.37. The molecule has 0 aliphatic carbocycles. The highest BCUT2D eigenvalue weighted by atomic mass is 35.5. The van der Waals surface area contributed by atoms with Crippen molar-refractivity contribution in [3.05, 3.63) is 35.0 Å². The molecule has 6 heteroatoms. The van der Waals surface area contributed by atoms with Gasteiger partial charge >= 0.3 is 0 Å². The van der Waals surface area contributed by atoms with Crippen LogP contribution < -0.4 is 16.4 Å². The van der Waals surface area contributed by atoms with Crippen molar-refractivity contribution in [3.8, 4) is 6.07 Å². The first-order valence-corrected chi connectivity index (χ1v) is 5.10. The first kappa shape index (κ1) is 12.9. The van der Waals surface area contributed by atoms with E-state index in [1.165, 1.54) is 12.3 Å². The van der Waals surface area contributed by atoms with Gasteiger partial charge in [0.2, 0.25) is 0 Å². The van der Waals surface area contributed by atoms with E-state index in [9.17, 15) is 4.79 Å². The molecular formula is C11H11ClN4O. The molecule has 0 atom stereocenters. The maximum atomic E-state index is 11.6. The van der Waals surface area contributed by atoms with E-state index in [0.29, 0.717) is 16.4 Å². The van der Waals surface area contributed by atoms with Gasteiger partial charge in [-0.2, -0.15) is 5.26 Å². The Labute approximate surface area is 104 Å². The number of hydrogen-bond acceptors (Lipinski definition) is 4. The minimum absolute atomic E-state index is 0.0413. The molecule has 0 spiro atoms. The van der Waals surface area contributed by atoms with Crippen LogP contribution in [0, 0.1) is 11.3 Å². The molecule has 0 bridgehead atoms. The van der Waals surface area contributed by atoms with Gasteiger partial charge in [-0.05, 0) is 18.2 Å². The summed E-state index contributed by atoms with van der Waals surface area (Å²) in [4.78, 5) is 11.6. The molecule has 0 aliphatic heterocycles. The zero-order chi connectivity index (χ0) is 12.8. The van der Waals surface area contributed by atoms with E-state index in [4.69, 9.17) is 22.6 Å². The van der Waals surface area contributed by atoms with Crippen LogP contribution >= 0.6 is 11.6 Å². The second-order valence-corrected chi connectivity index (χ2v) is 3.56. The lowest BCUT2D eigenvalue weighted by Crippen LogP contribution is -2.15. The van der Waals surface area contributed by atoms with Crippen LogP contribution in [0.15, 0.2) is 30.0 Å². The molecule has 17 heavy (non-hydrogen) atoms. The van der Waals surface area contributed by atoms with Gasteiger partial charge in [-0.3, -0.25) is 4.79 Å². The Bertz CT molecular complexity index is 505. The number of nitrogens with zero attached hydrogens (tertiary/aromatic N) is 1. The number of hydrogen-bond donors (Lipinski definition) is 3. The molecule has 5 nitrogen and oxygen atoms in total. The number of nitriles is 1. The highest BCUT2D eigenvalue weighted by molar-refractivity contribution is 6.34. The number of anilines is 2. The summed E-state index contributed by atoms with van der Waals surface area (Å²) in [7, 11) is 1.60. The largest absolute Gasteiger partial charge is 0.399 e. The number of carbonyl (C=O) groups is 1. The molecule has 1 aromatic carbocycles. The van der Waals surface area contributed by atoms with Crippen LogP contribution in [0.5, 0.6) is 0 Å². The molecule has 0 fully saturated rings. The monoisotopic (exact) mass is 250 g/mol. The van der Waals surface area contributed by atoms with Crippen molar-refractivity contribution in [2.45, 2.75) is 0 Å². The SMILES string of the molecule is CN/C=C(/C#N)C(=O)Nc1ccc(N)cc1Cl. The third kappa shape index (κ3) is 3.40. The highest BCUT2D eigenvalue weighted by Gasteiger charge is 2.10. The van der Waals surface area contributed by atoms with Gasteiger partial charge in [-0.1, -0.05) is 11.6 Å². The number of nitrogens with one attached hydrogen (secondary N) is 2. The fourth-order valence-electron chi connectivity index (χ4n) is 1.12. The van der Waals surface area contributed by atoms with E-state index < -0.39 is 5.91 Å². The summed E-state index contributed by atoms with van der Waals surface area (Å²) in [5.41, 5.74) is 6.38. The average Bonchev–Trinajstić information content (AvgIpc) is 2.29. The van der Waals surface area contributed by atoms with Crippen LogP contribution in [0.4, 0.5) is 11.4 Å². The van der Waals surface area contributed by atoms with Crippen LogP contribution in [0.25, 0.3) is 0 Å². The van der Waals surface area contributed by atoms with Crippen molar-refractivity contribution in [1.82, 2.24) is 5.32 Å². The van der Waals surface area contributed by atoms with Crippen LogP contribution in [-0.2, 0) is 4.79 Å². The summed E-state index contributed by atoms with van der Waals surface area (Å²) in [5.74, 6) is -0.534. The maximum absolute atomic E-state index is 11.6. The lowest BCUT2D eigenvalue weighted by Gasteiger charge is -2.06. The first-order valence-electron chi connectivity index (χ1n) is 4.72. The molecule has 0 radical (unpaired) electrons. The number of amides is 1. The van der Waals surface area contributed by atoms with Gasteiger partial charge in [0.15, 0.2) is 0 Å². The van der Waals surface area contributed by atoms with Gasteiger partial charge in [0.05, 0.1) is 10.7 Å². The number of benzene rings is 1. The molecule has 0 aromatic heterocycles. The molecule has 1 amide bonds. The van der Waals surface area contributed by atoms with Crippen molar-refractivity contribution in [1.29, 1.82) is 5.26 Å². The Balaban J connectivity index is 2.89. The summed E-state index contributed by atoms with van der Waals surface area (Å²) in [6, 6.07) is 6.47. The predicted molar refractivity (Wildman–Crippen MR) is 67.2 cm³/mol. The van der Waals surface area contributed by atoms with E-state index in [0.717, 1.165) is 0 Å². The Morgan fingerprint density at radius 3 is 2.82 bits per heavy atom. The van der Waals surface area contributed by atoms with Gasteiger partial charge in [0, 0.05) is 18.9 Å². The molecule has 4 N–H and O–H groups in total. The van der Waals surface area contributed by atoms with E-state index in [1.807, 2.05) is 0 Å². The van der Waals surface area contributed by atoms with Gasteiger partial charge in [0.25, 0.3) is 5.91 Å². The minimum atomic E-state index is -0.534. The minimum Gasteiger partial charge on any atom is -0.399 e. The normalized spacial score (nSPS) is 10.5. The topological polar surface area (TPSA) is 90.9 Å². The van der Waals surface area contributed by atoms with Gasteiger partial charge < -0.3 is 16.4 Å². The maximum Gasteiger partial charge on any atom is 0.267 e. The average molecular weight is 251 g/mol. The van der Waals surface area contributed by atoms with Crippen molar-refractivity contribution < 1.29 is 4.79 Å². The van der Waals surface area contributed by atoms with E-state index in [1.54, 1.807) is 25.2 Å². The Morgan fingerprint density at radius 1 is 1.59 bits per heavy atom. The van der Waals surface area contributed by atoms with Gasteiger partial charge in [-0.25, -0.2) is 0 Å². The predicted octanol–water partition coefficient (Wildman–Crippen LogP) is 1.49.